The van der Waals surface area contributed by atoms with Crippen LogP contribution in [0.25, 0.3) is 22.2 Å². The van der Waals surface area contributed by atoms with Gasteiger partial charge in [-0.3, -0.25) is 9.36 Å². The molecule has 0 spiro atoms. The molecule has 0 amide bonds. The first kappa shape index (κ1) is 20.1. The molecule has 0 bridgehead atoms. The van der Waals surface area contributed by atoms with Crippen LogP contribution in [0.2, 0.25) is 10.0 Å². The number of ether oxygens (including phenoxy) is 1. The van der Waals surface area contributed by atoms with Crippen LogP contribution in [0, 0.1) is 0 Å². The first-order chi connectivity index (χ1) is 18.4. The van der Waals surface area contributed by atoms with Gasteiger partial charge in [0.15, 0.2) is 0 Å². The van der Waals surface area contributed by atoms with Crippen LogP contribution in [-0.4, -0.2) is 45.6 Å². The molecule has 4 aromatic rings. The third kappa shape index (κ3) is 5.59. The minimum absolute atomic E-state index is 0.161. The summed E-state index contributed by atoms with van der Waals surface area (Å²) in [5.41, 5.74) is 1.45. The number of likely N-dealkylation sites (N-methyl/N-ethyl adjacent to an activating group) is 1. The average Bonchev–Trinajstić information content (AvgIpc) is 2.88. The topological polar surface area (TPSA) is 72.3 Å². The van der Waals surface area contributed by atoms with Gasteiger partial charge >= 0.3 is 0 Å². The number of anilines is 2. The fraction of sp³-hybridized carbons (Fsp3) is 0.269. The molecule has 2 aromatic carbocycles. The number of nitrogens with zero attached hydrogens (tertiary/aromatic N) is 4. The quantitative estimate of drug-likeness (QED) is 0.305. The SMILES string of the molecule is [2H]C([2H])(Oc1ccc(Nc2ncc3cc(-c4c(Cl)cccc4Cl)c(=O)n(C)c3n2)cc1)C([2H])([2H])N(CC)CC. The van der Waals surface area contributed by atoms with Crippen LogP contribution in [0.5, 0.6) is 5.75 Å². The summed E-state index contributed by atoms with van der Waals surface area (Å²) in [7, 11) is 1.60. The lowest BCUT2D eigenvalue weighted by Crippen LogP contribution is -2.27. The number of rotatable bonds is 9. The number of fused-ring (bicyclic) bond motifs is 1. The highest BCUT2D eigenvalue weighted by Crippen LogP contribution is 2.33. The van der Waals surface area contributed by atoms with E-state index in [-0.39, 0.29) is 17.3 Å². The Hall–Kier alpha value is -3.13. The first-order valence-corrected chi connectivity index (χ1v) is 11.8. The molecule has 9 heteroatoms. The van der Waals surface area contributed by atoms with Crippen LogP contribution in [0.1, 0.15) is 19.3 Å². The van der Waals surface area contributed by atoms with Gasteiger partial charge in [-0.15, -0.1) is 0 Å². The number of aryl methyl sites for hydroxylation is 1. The van der Waals surface area contributed by atoms with Crippen molar-refractivity contribution in [2.24, 2.45) is 7.05 Å². The summed E-state index contributed by atoms with van der Waals surface area (Å²) >= 11 is 12.7. The summed E-state index contributed by atoms with van der Waals surface area (Å²) in [6.07, 6.45) is 1.58. The maximum absolute atomic E-state index is 13.2. The Kier molecular flexibility index (Phi) is 6.36. The molecule has 7 nitrogen and oxygen atoms in total. The van der Waals surface area contributed by atoms with E-state index in [4.69, 9.17) is 33.4 Å². The van der Waals surface area contributed by atoms with E-state index in [9.17, 15) is 4.79 Å². The summed E-state index contributed by atoms with van der Waals surface area (Å²) in [5, 5.41) is 4.39. The van der Waals surface area contributed by atoms with Gasteiger partial charge in [-0.2, -0.15) is 4.98 Å². The predicted octanol–water partition coefficient (Wildman–Crippen LogP) is 5.77. The summed E-state index contributed by atoms with van der Waals surface area (Å²) in [4.78, 5) is 23.4. The number of nitrogens with one attached hydrogen (secondary N) is 1. The molecule has 0 atom stereocenters. The standard InChI is InChI=1S/C26H27Cl2N5O2/c1-4-33(5-2)13-14-35-19-11-9-18(10-12-19)30-26-29-16-17-15-20(25(34)32(3)24(17)31-26)23-21(27)7-6-8-22(23)28/h6-12,15-16H,4-5,13-14H2,1-3H3,(H,29,30,31)/i13D2,14D2. The monoisotopic (exact) mass is 515 g/mol. The minimum Gasteiger partial charge on any atom is -0.492 e. The summed E-state index contributed by atoms with van der Waals surface area (Å²) in [5.74, 6) is 0.400. The number of pyridine rings is 1. The molecule has 0 aliphatic rings. The van der Waals surface area contributed by atoms with Crippen molar-refractivity contribution in [2.45, 2.75) is 13.8 Å². The third-order valence-electron chi connectivity index (χ3n) is 5.43. The fourth-order valence-corrected chi connectivity index (χ4v) is 4.11. The van der Waals surface area contributed by atoms with Crippen LogP contribution in [-0.2, 0) is 7.05 Å². The second kappa shape index (κ2) is 11.1. The van der Waals surface area contributed by atoms with Crippen molar-refractivity contribution in [2.75, 3.05) is 31.5 Å². The zero-order valence-corrected chi connectivity index (χ0v) is 21.0. The van der Waals surface area contributed by atoms with E-state index in [0.29, 0.717) is 51.0 Å². The lowest BCUT2D eigenvalue weighted by molar-refractivity contribution is 0.223. The van der Waals surface area contributed by atoms with E-state index in [2.05, 4.69) is 15.3 Å². The number of halogens is 2. The molecule has 0 saturated carbocycles. The Bertz CT molecular complexity index is 1540. The Balaban J connectivity index is 1.57. The molecule has 1 N–H and O–H groups in total. The van der Waals surface area contributed by atoms with E-state index in [1.54, 1.807) is 63.5 Å². The van der Waals surface area contributed by atoms with Crippen molar-refractivity contribution >= 4 is 45.9 Å². The zero-order valence-electron chi connectivity index (χ0n) is 23.5. The number of aromatic nitrogens is 3. The average molecular weight is 516 g/mol. The number of benzene rings is 2. The van der Waals surface area contributed by atoms with Crippen LogP contribution in [0.3, 0.4) is 0 Å². The predicted molar refractivity (Wildman–Crippen MR) is 143 cm³/mol. The van der Waals surface area contributed by atoms with Gasteiger partial charge in [0.2, 0.25) is 5.95 Å². The van der Waals surface area contributed by atoms with Crippen molar-refractivity contribution in [3.8, 4) is 16.9 Å². The van der Waals surface area contributed by atoms with E-state index < -0.39 is 13.1 Å². The first-order valence-electron chi connectivity index (χ1n) is 13.0. The lowest BCUT2D eigenvalue weighted by Gasteiger charge is -2.18. The molecule has 182 valence electrons. The molecule has 0 aliphatic heterocycles. The smallest absolute Gasteiger partial charge is 0.259 e. The normalized spacial score (nSPS) is 13.8. The van der Waals surface area contributed by atoms with Gasteiger partial charge in [-0.05, 0) is 55.6 Å². The molecule has 4 rings (SSSR count). The Morgan fingerprint density at radius 2 is 1.80 bits per heavy atom. The third-order valence-corrected chi connectivity index (χ3v) is 6.06. The highest BCUT2D eigenvalue weighted by molar-refractivity contribution is 6.39. The zero-order chi connectivity index (χ0) is 28.5. The second-order valence-electron chi connectivity index (χ2n) is 7.63. The summed E-state index contributed by atoms with van der Waals surface area (Å²) < 4.78 is 39.7. The Labute approximate surface area is 219 Å². The van der Waals surface area contributed by atoms with Gasteiger partial charge in [0.25, 0.3) is 5.56 Å². The maximum Gasteiger partial charge on any atom is 0.259 e. The maximum atomic E-state index is 13.2. The van der Waals surface area contributed by atoms with Crippen LogP contribution < -0.4 is 15.6 Å². The van der Waals surface area contributed by atoms with Gasteiger partial charge in [0.05, 0.1) is 18.4 Å². The number of hydrogen-bond acceptors (Lipinski definition) is 6. The second-order valence-corrected chi connectivity index (χ2v) is 8.44. The van der Waals surface area contributed by atoms with Gasteiger partial charge < -0.3 is 15.0 Å². The molecular formula is C26H27Cl2N5O2. The molecule has 0 radical (unpaired) electrons. The largest absolute Gasteiger partial charge is 0.492 e. The van der Waals surface area contributed by atoms with Crippen molar-refractivity contribution in [1.82, 2.24) is 19.4 Å². The van der Waals surface area contributed by atoms with Gasteiger partial charge in [-0.1, -0.05) is 43.1 Å². The Morgan fingerprint density at radius 1 is 1.11 bits per heavy atom. The molecule has 0 aliphatic carbocycles. The molecule has 0 unspecified atom stereocenters. The van der Waals surface area contributed by atoms with Crippen LogP contribution >= 0.6 is 23.2 Å². The summed E-state index contributed by atoms with van der Waals surface area (Å²) in [6, 6.07) is 13.0. The molecule has 2 aromatic heterocycles. The number of hydrogen-bond donors (Lipinski definition) is 1. The lowest BCUT2D eigenvalue weighted by atomic mass is 10.1. The fourth-order valence-electron chi connectivity index (χ4n) is 3.50. The van der Waals surface area contributed by atoms with E-state index in [1.807, 2.05) is 0 Å². The van der Waals surface area contributed by atoms with Gasteiger partial charge in [0, 0.05) is 39.1 Å². The van der Waals surface area contributed by atoms with Crippen LogP contribution in [0.15, 0.2) is 59.5 Å². The molecular weight excluding hydrogens is 485 g/mol. The van der Waals surface area contributed by atoms with Crippen molar-refractivity contribution in [3.63, 3.8) is 0 Å². The van der Waals surface area contributed by atoms with Crippen LogP contribution in [0.4, 0.5) is 11.6 Å². The van der Waals surface area contributed by atoms with Crippen molar-refractivity contribution in [1.29, 1.82) is 0 Å². The van der Waals surface area contributed by atoms with E-state index >= 15 is 0 Å². The van der Waals surface area contributed by atoms with Gasteiger partial charge in [0.1, 0.15) is 18.0 Å². The molecule has 0 saturated heterocycles. The highest BCUT2D eigenvalue weighted by atomic mass is 35.5. The van der Waals surface area contributed by atoms with E-state index in [0.717, 1.165) is 0 Å². The Morgan fingerprint density at radius 3 is 2.46 bits per heavy atom. The van der Waals surface area contributed by atoms with Gasteiger partial charge in [-0.25, -0.2) is 4.98 Å². The molecule has 35 heavy (non-hydrogen) atoms. The minimum atomic E-state index is -2.59. The van der Waals surface area contributed by atoms with Crippen molar-refractivity contribution in [3.05, 3.63) is 75.1 Å². The highest BCUT2D eigenvalue weighted by Gasteiger charge is 2.16. The molecule has 2 heterocycles. The van der Waals surface area contributed by atoms with Crippen molar-refractivity contribution < 1.29 is 10.2 Å². The summed E-state index contributed by atoms with van der Waals surface area (Å²) in [6.45, 7) is -0.730. The van der Waals surface area contributed by atoms with E-state index in [1.165, 1.54) is 21.6 Å². The molecule has 0 fully saturated rings.